The standard InChI is InChI=1S/C26H35N3O2/c1-3-26(30)27-18-10-4-5-17-25-28-22-14-7-8-15-23(22)29(25)19-11-12-20-31-24-16-9-6-13-21(24)2/h6-9,13-16H,3-5,10-12,17-20H2,1-2H3,(H,27,30). The van der Waals surface area contributed by atoms with Gasteiger partial charge >= 0.3 is 0 Å². The maximum atomic E-state index is 11.3. The Balaban J connectivity index is 1.48. The normalized spacial score (nSPS) is 11.0. The van der Waals surface area contributed by atoms with Gasteiger partial charge in [-0.15, -0.1) is 0 Å². The minimum absolute atomic E-state index is 0.133. The number of rotatable bonds is 13. The number of fused-ring (bicyclic) bond motifs is 1. The average Bonchev–Trinajstić information content (AvgIpc) is 3.14. The Morgan fingerprint density at radius 1 is 1.00 bits per heavy atom. The molecule has 0 aliphatic rings. The van der Waals surface area contributed by atoms with Crippen LogP contribution in [0.1, 0.15) is 56.8 Å². The van der Waals surface area contributed by atoms with Crippen molar-refractivity contribution in [1.82, 2.24) is 14.9 Å². The van der Waals surface area contributed by atoms with Gasteiger partial charge < -0.3 is 14.6 Å². The zero-order valence-electron chi connectivity index (χ0n) is 18.9. The van der Waals surface area contributed by atoms with Crippen molar-refractivity contribution in [3.05, 3.63) is 59.9 Å². The Labute approximate surface area is 185 Å². The van der Waals surface area contributed by atoms with Gasteiger partial charge in [0.2, 0.25) is 5.91 Å². The molecule has 0 fully saturated rings. The SMILES string of the molecule is CCC(=O)NCCCCCc1nc2ccccc2n1CCCCOc1ccccc1C. The quantitative estimate of drug-likeness (QED) is 0.374. The predicted octanol–water partition coefficient (Wildman–Crippen LogP) is 5.44. The lowest BCUT2D eigenvalue weighted by Crippen LogP contribution is -2.23. The molecule has 5 nitrogen and oxygen atoms in total. The number of hydrogen-bond acceptors (Lipinski definition) is 3. The minimum Gasteiger partial charge on any atom is -0.493 e. The van der Waals surface area contributed by atoms with Crippen LogP contribution in [0.5, 0.6) is 5.75 Å². The summed E-state index contributed by atoms with van der Waals surface area (Å²) in [6.45, 7) is 6.42. The lowest BCUT2D eigenvalue weighted by Gasteiger charge is -2.11. The van der Waals surface area contributed by atoms with Crippen LogP contribution in [-0.2, 0) is 17.8 Å². The highest BCUT2D eigenvalue weighted by molar-refractivity contribution is 5.76. The number of benzene rings is 2. The topological polar surface area (TPSA) is 56.2 Å². The number of nitrogens with zero attached hydrogens (tertiary/aromatic N) is 2. The number of carbonyl (C=O) groups excluding carboxylic acids is 1. The van der Waals surface area contributed by atoms with E-state index < -0.39 is 0 Å². The van der Waals surface area contributed by atoms with Crippen molar-refractivity contribution >= 4 is 16.9 Å². The van der Waals surface area contributed by atoms with E-state index in [1.165, 1.54) is 16.9 Å². The van der Waals surface area contributed by atoms with Crippen molar-refractivity contribution in [3.8, 4) is 5.75 Å². The maximum absolute atomic E-state index is 11.3. The van der Waals surface area contributed by atoms with E-state index in [0.29, 0.717) is 6.42 Å². The summed E-state index contributed by atoms with van der Waals surface area (Å²) < 4.78 is 8.32. The smallest absolute Gasteiger partial charge is 0.219 e. The van der Waals surface area contributed by atoms with Crippen LogP contribution in [0.15, 0.2) is 48.5 Å². The Bertz CT molecular complexity index is 964. The molecule has 0 atom stereocenters. The second-order valence-corrected chi connectivity index (χ2v) is 8.00. The summed E-state index contributed by atoms with van der Waals surface area (Å²) in [5.74, 6) is 2.28. The molecule has 0 spiro atoms. The molecule has 1 heterocycles. The molecule has 1 amide bonds. The van der Waals surface area contributed by atoms with Gasteiger partial charge in [0.25, 0.3) is 0 Å². The molecule has 3 aromatic rings. The summed E-state index contributed by atoms with van der Waals surface area (Å²) in [7, 11) is 0. The first-order valence-electron chi connectivity index (χ1n) is 11.6. The van der Waals surface area contributed by atoms with Gasteiger partial charge in [0, 0.05) is 25.9 Å². The van der Waals surface area contributed by atoms with Crippen LogP contribution in [-0.4, -0.2) is 28.6 Å². The van der Waals surface area contributed by atoms with Crippen LogP contribution in [0.4, 0.5) is 0 Å². The van der Waals surface area contributed by atoms with E-state index in [2.05, 4.69) is 47.1 Å². The van der Waals surface area contributed by atoms with Crippen molar-refractivity contribution in [2.75, 3.05) is 13.2 Å². The largest absolute Gasteiger partial charge is 0.493 e. The summed E-state index contributed by atoms with van der Waals surface area (Å²) in [5, 5.41) is 2.95. The monoisotopic (exact) mass is 421 g/mol. The molecule has 0 aliphatic heterocycles. The van der Waals surface area contributed by atoms with E-state index in [4.69, 9.17) is 9.72 Å². The molecular formula is C26H35N3O2. The number of carbonyl (C=O) groups is 1. The summed E-state index contributed by atoms with van der Waals surface area (Å²) in [6.07, 6.45) is 6.79. The van der Waals surface area contributed by atoms with Crippen molar-refractivity contribution in [3.63, 3.8) is 0 Å². The van der Waals surface area contributed by atoms with Crippen molar-refractivity contribution in [2.45, 2.75) is 65.3 Å². The molecule has 5 heteroatoms. The van der Waals surface area contributed by atoms with Crippen LogP contribution in [0.25, 0.3) is 11.0 Å². The van der Waals surface area contributed by atoms with Gasteiger partial charge in [-0.3, -0.25) is 4.79 Å². The Hall–Kier alpha value is -2.82. The van der Waals surface area contributed by atoms with Gasteiger partial charge in [-0.2, -0.15) is 0 Å². The fourth-order valence-corrected chi connectivity index (χ4v) is 3.78. The van der Waals surface area contributed by atoms with Gasteiger partial charge in [-0.05, 0) is 56.4 Å². The Kier molecular flexibility index (Phi) is 8.95. The third kappa shape index (κ3) is 6.84. The molecule has 3 rings (SSSR count). The molecule has 1 N–H and O–H groups in total. The maximum Gasteiger partial charge on any atom is 0.219 e. The van der Waals surface area contributed by atoms with Crippen LogP contribution >= 0.6 is 0 Å². The molecule has 0 radical (unpaired) electrons. The summed E-state index contributed by atoms with van der Waals surface area (Å²) in [5.41, 5.74) is 3.47. The van der Waals surface area contributed by atoms with E-state index in [9.17, 15) is 4.79 Å². The summed E-state index contributed by atoms with van der Waals surface area (Å²) in [4.78, 5) is 16.2. The molecule has 0 saturated heterocycles. The fourth-order valence-electron chi connectivity index (χ4n) is 3.78. The number of ether oxygens (including phenoxy) is 1. The van der Waals surface area contributed by atoms with Crippen molar-refractivity contribution < 1.29 is 9.53 Å². The second-order valence-electron chi connectivity index (χ2n) is 8.00. The van der Waals surface area contributed by atoms with Crippen LogP contribution in [0.3, 0.4) is 0 Å². The molecule has 1 aromatic heterocycles. The molecular weight excluding hydrogens is 386 g/mol. The number of aryl methyl sites for hydroxylation is 3. The zero-order chi connectivity index (χ0) is 21.9. The van der Waals surface area contributed by atoms with Gasteiger partial charge in [0.1, 0.15) is 11.6 Å². The number of aromatic nitrogens is 2. The zero-order valence-corrected chi connectivity index (χ0v) is 18.9. The molecule has 0 aliphatic carbocycles. The highest BCUT2D eigenvalue weighted by Crippen LogP contribution is 2.20. The molecule has 0 bridgehead atoms. The van der Waals surface area contributed by atoms with E-state index in [1.807, 2.05) is 25.1 Å². The number of unbranched alkanes of at least 4 members (excludes halogenated alkanes) is 3. The number of amides is 1. The number of imidazole rings is 1. The lowest BCUT2D eigenvalue weighted by molar-refractivity contribution is -0.120. The van der Waals surface area contributed by atoms with E-state index in [0.717, 1.165) is 69.5 Å². The number of para-hydroxylation sites is 3. The summed E-state index contributed by atoms with van der Waals surface area (Å²) >= 11 is 0. The van der Waals surface area contributed by atoms with Gasteiger partial charge in [0.05, 0.1) is 17.6 Å². The lowest BCUT2D eigenvalue weighted by atomic mass is 10.2. The predicted molar refractivity (Wildman–Crippen MR) is 126 cm³/mol. The third-order valence-corrected chi connectivity index (χ3v) is 5.58. The first kappa shape index (κ1) is 22.9. The van der Waals surface area contributed by atoms with Gasteiger partial charge in [-0.25, -0.2) is 4.98 Å². The Morgan fingerprint density at radius 2 is 1.81 bits per heavy atom. The molecule has 31 heavy (non-hydrogen) atoms. The molecule has 0 unspecified atom stereocenters. The number of nitrogens with one attached hydrogen (secondary N) is 1. The first-order chi connectivity index (χ1) is 15.2. The first-order valence-corrected chi connectivity index (χ1v) is 11.6. The van der Waals surface area contributed by atoms with E-state index >= 15 is 0 Å². The average molecular weight is 422 g/mol. The minimum atomic E-state index is 0.133. The van der Waals surface area contributed by atoms with Crippen LogP contribution in [0.2, 0.25) is 0 Å². The van der Waals surface area contributed by atoms with Gasteiger partial charge in [-0.1, -0.05) is 43.7 Å². The van der Waals surface area contributed by atoms with E-state index in [1.54, 1.807) is 0 Å². The van der Waals surface area contributed by atoms with Crippen LogP contribution < -0.4 is 10.1 Å². The highest BCUT2D eigenvalue weighted by atomic mass is 16.5. The van der Waals surface area contributed by atoms with Crippen molar-refractivity contribution in [2.24, 2.45) is 0 Å². The second kappa shape index (κ2) is 12.1. The molecule has 166 valence electrons. The van der Waals surface area contributed by atoms with Crippen molar-refractivity contribution in [1.29, 1.82) is 0 Å². The highest BCUT2D eigenvalue weighted by Gasteiger charge is 2.10. The third-order valence-electron chi connectivity index (χ3n) is 5.58. The fraction of sp³-hybridized carbons (Fsp3) is 0.462. The van der Waals surface area contributed by atoms with Crippen LogP contribution in [0, 0.1) is 6.92 Å². The van der Waals surface area contributed by atoms with E-state index in [-0.39, 0.29) is 5.91 Å². The van der Waals surface area contributed by atoms with Gasteiger partial charge in [0.15, 0.2) is 0 Å². The Morgan fingerprint density at radius 3 is 2.65 bits per heavy atom. The molecule has 2 aromatic carbocycles. The number of hydrogen-bond donors (Lipinski definition) is 1. The summed E-state index contributed by atoms with van der Waals surface area (Å²) in [6, 6.07) is 16.6. The molecule has 0 saturated carbocycles.